The summed E-state index contributed by atoms with van der Waals surface area (Å²) < 4.78 is 0. The van der Waals surface area contributed by atoms with E-state index in [2.05, 4.69) is 13.8 Å². The SMILES string of the molecule is CCCCCCCC(O)CC(C)CCCCCCCC(=O)O. The minimum absolute atomic E-state index is 0.118. The van der Waals surface area contributed by atoms with Crippen LogP contribution in [0.2, 0.25) is 0 Å². The van der Waals surface area contributed by atoms with E-state index in [0.29, 0.717) is 12.3 Å². The number of carboxylic acids is 1. The van der Waals surface area contributed by atoms with Crippen molar-refractivity contribution in [1.82, 2.24) is 0 Å². The largest absolute Gasteiger partial charge is 0.481 e. The molecule has 2 N–H and O–H groups in total. The van der Waals surface area contributed by atoms with Crippen LogP contribution in [-0.2, 0) is 4.79 Å². The van der Waals surface area contributed by atoms with Crippen LogP contribution in [0.5, 0.6) is 0 Å². The molecule has 0 saturated heterocycles. The quantitative estimate of drug-likeness (QED) is 0.367. The molecule has 2 atom stereocenters. The molecular formula is C19H38O3. The highest BCUT2D eigenvalue weighted by Crippen LogP contribution is 2.19. The number of rotatable bonds is 16. The van der Waals surface area contributed by atoms with Crippen LogP contribution in [0.4, 0.5) is 0 Å². The molecule has 0 aromatic carbocycles. The normalized spacial score (nSPS) is 14.0. The molecule has 132 valence electrons. The number of unbranched alkanes of at least 4 members (excludes halogenated alkanes) is 8. The van der Waals surface area contributed by atoms with Crippen LogP contribution >= 0.6 is 0 Å². The monoisotopic (exact) mass is 314 g/mol. The van der Waals surface area contributed by atoms with Crippen molar-refractivity contribution in [3.05, 3.63) is 0 Å². The Morgan fingerprint density at radius 2 is 1.41 bits per heavy atom. The Kier molecular flexibility index (Phi) is 14.9. The smallest absolute Gasteiger partial charge is 0.303 e. The minimum Gasteiger partial charge on any atom is -0.481 e. The second kappa shape index (κ2) is 15.3. The molecule has 3 heteroatoms. The predicted molar refractivity (Wildman–Crippen MR) is 93.1 cm³/mol. The number of aliphatic hydroxyl groups is 1. The molecular weight excluding hydrogens is 276 g/mol. The van der Waals surface area contributed by atoms with Crippen LogP contribution in [0.1, 0.15) is 104 Å². The maximum absolute atomic E-state index is 10.4. The lowest BCUT2D eigenvalue weighted by molar-refractivity contribution is -0.137. The van der Waals surface area contributed by atoms with E-state index < -0.39 is 5.97 Å². The van der Waals surface area contributed by atoms with Crippen LogP contribution in [0.3, 0.4) is 0 Å². The van der Waals surface area contributed by atoms with Crippen molar-refractivity contribution in [2.75, 3.05) is 0 Å². The highest BCUT2D eigenvalue weighted by molar-refractivity contribution is 5.66. The van der Waals surface area contributed by atoms with Crippen molar-refractivity contribution >= 4 is 5.97 Å². The number of hydrogen-bond donors (Lipinski definition) is 2. The first-order valence-electron chi connectivity index (χ1n) is 9.46. The van der Waals surface area contributed by atoms with Gasteiger partial charge in [-0.25, -0.2) is 0 Å². The number of carboxylic acid groups (broad SMARTS) is 1. The Balaban J connectivity index is 3.36. The molecule has 0 radical (unpaired) electrons. The Labute approximate surface area is 137 Å². The van der Waals surface area contributed by atoms with Gasteiger partial charge in [-0.3, -0.25) is 4.79 Å². The molecule has 0 aliphatic carbocycles. The van der Waals surface area contributed by atoms with Gasteiger partial charge in [-0.1, -0.05) is 78.1 Å². The topological polar surface area (TPSA) is 57.5 Å². The van der Waals surface area contributed by atoms with E-state index in [1.807, 2.05) is 0 Å². The van der Waals surface area contributed by atoms with Crippen LogP contribution in [0.25, 0.3) is 0 Å². The fraction of sp³-hybridized carbons (Fsp3) is 0.947. The zero-order valence-corrected chi connectivity index (χ0v) is 14.9. The standard InChI is InChI=1S/C19H38O3/c1-3-4-5-7-11-14-18(20)16-17(2)13-10-8-6-9-12-15-19(21)22/h17-18,20H,3-16H2,1-2H3,(H,21,22). The second-order valence-electron chi connectivity index (χ2n) is 6.90. The molecule has 0 heterocycles. The number of hydrogen-bond acceptors (Lipinski definition) is 2. The number of aliphatic hydroxyl groups excluding tert-OH is 1. The first-order valence-corrected chi connectivity index (χ1v) is 9.46. The maximum atomic E-state index is 10.4. The third-order valence-corrected chi connectivity index (χ3v) is 4.40. The van der Waals surface area contributed by atoms with Crippen molar-refractivity contribution in [3.63, 3.8) is 0 Å². The first kappa shape index (κ1) is 21.4. The van der Waals surface area contributed by atoms with Gasteiger partial charge in [-0.05, 0) is 25.2 Å². The van der Waals surface area contributed by atoms with Crippen molar-refractivity contribution in [2.45, 2.75) is 110 Å². The fourth-order valence-corrected chi connectivity index (χ4v) is 2.98. The van der Waals surface area contributed by atoms with Crippen molar-refractivity contribution in [1.29, 1.82) is 0 Å². The summed E-state index contributed by atoms with van der Waals surface area (Å²) in [4.78, 5) is 10.4. The van der Waals surface area contributed by atoms with E-state index in [-0.39, 0.29) is 6.10 Å². The van der Waals surface area contributed by atoms with Gasteiger partial charge < -0.3 is 10.2 Å². The third kappa shape index (κ3) is 15.8. The molecule has 0 fully saturated rings. The molecule has 2 unspecified atom stereocenters. The molecule has 0 saturated carbocycles. The van der Waals surface area contributed by atoms with E-state index in [0.717, 1.165) is 38.5 Å². The van der Waals surface area contributed by atoms with Gasteiger partial charge in [0.05, 0.1) is 6.10 Å². The van der Waals surface area contributed by atoms with Gasteiger partial charge in [0.25, 0.3) is 0 Å². The second-order valence-corrected chi connectivity index (χ2v) is 6.90. The average molecular weight is 315 g/mol. The van der Waals surface area contributed by atoms with Crippen molar-refractivity contribution < 1.29 is 15.0 Å². The molecule has 22 heavy (non-hydrogen) atoms. The Hall–Kier alpha value is -0.570. The van der Waals surface area contributed by atoms with E-state index in [1.165, 1.54) is 44.9 Å². The summed E-state index contributed by atoms with van der Waals surface area (Å²) in [5.74, 6) is -0.0815. The van der Waals surface area contributed by atoms with Crippen LogP contribution in [0, 0.1) is 5.92 Å². The van der Waals surface area contributed by atoms with Gasteiger partial charge in [0.15, 0.2) is 0 Å². The van der Waals surface area contributed by atoms with Gasteiger partial charge in [0.2, 0.25) is 0 Å². The minimum atomic E-state index is -0.683. The van der Waals surface area contributed by atoms with Crippen LogP contribution in [0.15, 0.2) is 0 Å². The molecule has 3 nitrogen and oxygen atoms in total. The van der Waals surface area contributed by atoms with Gasteiger partial charge >= 0.3 is 5.97 Å². The lowest BCUT2D eigenvalue weighted by Gasteiger charge is -2.16. The molecule has 0 spiro atoms. The predicted octanol–water partition coefficient (Wildman–Crippen LogP) is 5.55. The summed E-state index contributed by atoms with van der Waals surface area (Å²) in [5, 5.41) is 18.6. The number of aliphatic carboxylic acids is 1. The Morgan fingerprint density at radius 1 is 0.864 bits per heavy atom. The zero-order chi connectivity index (χ0) is 16.6. The molecule has 0 aromatic rings. The summed E-state index contributed by atoms with van der Waals surface area (Å²) in [7, 11) is 0. The highest BCUT2D eigenvalue weighted by atomic mass is 16.4. The molecule has 0 bridgehead atoms. The zero-order valence-electron chi connectivity index (χ0n) is 14.9. The fourth-order valence-electron chi connectivity index (χ4n) is 2.98. The third-order valence-electron chi connectivity index (χ3n) is 4.40. The summed E-state index contributed by atoms with van der Waals surface area (Å²) in [5.41, 5.74) is 0. The van der Waals surface area contributed by atoms with Crippen molar-refractivity contribution in [2.24, 2.45) is 5.92 Å². The van der Waals surface area contributed by atoms with Crippen LogP contribution < -0.4 is 0 Å². The van der Waals surface area contributed by atoms with Crippen LogP contribution in [-0.4, -0.2) is 22.3 Å². The Morgan fingerprint density at radius 3 is 2.05 bits per heavy atom. The Bertz CT molecular complexity index is 253. The lowest BCUT2D eigenvalue weighted by Crippen LogP contribution is -2.11. The van der Waals surface area contributed by atoms with E-state index >= 15 is 0 Å². The molecule has 0 aliphatic rings. The summed E-state index contributed by atoms with van der Waals surface area (Å²) >= 11 is 0. The molecule has 0 rings (SSSR count). The van der Waals surface area contributed by atoms with E-state index in [1.54, 1.807) is 0 Å². The molecule has 0 aliphatic heterocycles. The van der Waals surface area contributed by atoms with Gasteiger partial charge in [-0.15, -0.1) is 0 Å². The first-order chi connectivity index (χ1) is 10.6. The van der Waals surface area contributed by atoms with Gasteiger partial charge in [0.1, 0.15) is 0 Å². The van der Waals surface area contributed by atoms with E-state index in [4.69, 9.17) is 5.11 Å². The van der Waals surface area contributed by atoms with Crippen molar-refractivity contribution in [3.8, 4) is 0 Å². The van der Waals surface area contributed by atoms with Gasteiger partial charge in [0, 0.05) is 6.42 Å². The van der Waals surface area contributed by atoms with E-state index in [9.17, 15) is 9.90 Å². The highest BCUT2D eigenvalue weighted by Gasteiger charge is 2.10. The molecule has 0 aromatic heterocycles. The maximum Gasteiger partial charge on any atom is 0.303 e. The molecule has 0 amide bonds. The number of carbonyl (C=O) groups is 1. The summed E-state index contributed by atoms with van der Waals surface area (Å²) in [6.45, 7) is 4.47. The summed E-state index contributed by atoms with van der Waals surface area (Å²) in [6.07, 6.45) is 15.0. The van der Waals surface area contributed by atoms with Gasteiger partial charge in [-0.2, -0.15) is 0 Å². The average Bonchev–Trinajstić information content (AvgIpc) is 2.45. The lowest BCUT2D eigenvalue weighted by atomic mass is 9.94. The summed E-state index contributed by atoms with van der Waals surface area (Å²) in [6, 6.07) is 0.